The second-order valence-electron chi connectivity index (χ2n) is 13.0. The van der Waals surface area contributed by atoms with Crippen LogP contribution in [0.5, 0.6) is 0 Å². The molecule has 2 unspecified atom stereocenters. The fraction of sp³-hybridized carbons (Fsp3) is 0.868. The highest BCUT2D eigenvalue weighted by Crippen LogP contribution is 2.16. The van der Waals surface area contributed by atoms with E-state index in [1.54, 1.807) is 0 Å². The fourth-order valence-corrected chi connectivity index (χ4v) is 5.65. The van der Waals surface area contributed by atoms with Crippen LogP contribution in [0.3, 0.4) is 0 Å². The van der Waals surface area contributed by atoms with E-state index in [0.29, 0.717) is 38.6 Å². The maximum atomic E-state index is 12.6. The van der Waals surface area contributed by atoms with E-state index in [1.807, 2.05) is 0 Å². The van der Waals surface area contributed by atoms with E-state index in [2.05, 4.69) is 31.3 Å². The Morgan fingerprint density at radius 3 is 1.67 bits per heavy atom. The summed E-state index contributed by atoms with van der Waals surface area (Å²) in [5.74, 6) is -1.32. The summed E-state index contributed by atoms with van der Waals surface area (Å²) in [6, 6.07) is -0.866. The van der Waals surface area contributed by atoms with Crippen LogP contribution in [0.15, 0.2) is 12.2 Å². The number of nitrogens with one attached hydrogen (secondary N) is 1. The van der Waals surface area contributed by atoms with Crippen molar-refractivity contribution in [3.8, 4) is 0 Å². The van der Waals surface area contributed by atoms with Gasteiger partial charge in [0, 0.05) is 12.8 Å². The van der Waals surface area contributed by atoms with Crippen molar-refractivity contribution >= 4 is 17.8 Å². The van der Waals surface area contributed by atoms with E-state index in [0.717, 1.165) is 44.9 Å². The number of allylic oxidation sites excluding steroid dienone is 1. The Bertz CT molecular complexity index is 727. The summed E-state index contributed by atoms with van der Waals surface area (Å²) in [6.07, 6.45) is 34.0. The standard InChI is InChI=1S/C38H72N2O5/c1-3-5-7-9-11-13-14-15-16-18-20-26-32-37(42)45-34(28-23-19-17-12-10-8-6-4-2)29-24-21-22-25-31-36(41)40-35(38(43)44)30-27-33-39/h23,28,34-35H,3-22,24-27,29-33,39H2,1-2H3,(H,40,41)(H,43,44)/b28-23-. The lowest BCUT2D eigenvalue weighted by atomic mass is 10.0. The number of carboxylic acids is 1. The molecule has 0 aromatic heterocycles. The quantitative estimate of drug-likeness (QED) is 0.0367. The van der Waals surface area contributed by atoms with Crippen molar-refractivity contribution in [3.05, 3.63) is 12.2 Å². The van der Waals surface area contributed by atoms with E-state index in [-0.39, 0.29) is 18.0 Å². The molecule has 7 nitrogen and oxygen atoms in total. The van der Waals surface area contributed by atoms with Crippen LogP contribution < -0.4 is 11.1 Å². The van der Waals surface area contributed by atoms with Gasteiger partial charge in [-0.3, -0.25) is 9.59 Å². The SMILES string of the molecule is CCCCCCCC/C=C\C(CCCCCCC(=O)NC(CCCN)C(=O)O)OC(=O)CCCCCCCCCCCCCC. The van der Waals surface area contributed by atoms with Gasteiger partial charge in [-0.25, -0.2) is 4.79 Å². The zero-order valence-corrected chi connectivity index (χ0v) is 29.5. The van der Waals surface area contributed by atoms with E-state index in [9.17, 15) is 19.5 Å². The molecular weight excluding hydrogens is 564 g/mol. The summed E-state index contributed by atoms with van der Waals surface area (Å²) in [5, 5.41) is 11.9. The highest BCUT2D eigenvalue weighted by Gasteiger charge is 2.19. The normalized spacial score (nSPS) is 12.8. The Morgan fingerprint density at radius 1 is 0.644 bits per heavy atom. The predicted octanol–water partition coefficient (Wildman–Crippen LogP) is 9.95. The molecule has 0 rings (SSSR count). The lowest BCUT2D eigenvalue weighted by Crippen LogP contribution is -2.40. The average molecular weight is 637 g/mol. The van der Waals surface area contributed by atoms with Crippen molar-refractivity contribution in [2.45, 2.75) is 206 Å². The van der Waals surface area contributed by atoms with Gasteiger partial charge in [-0.15, -0.1) is 0 Å². The third kappa shape index (κ3) is 30.5. The molecule has 0 spiro atoms. The maximum Gasteiger partial charge on any atom is 0.326 e. The molecule has 45 heavy (non-hydrogen) atoms. The maximum absolute atomic E-state index is 12.6. The van der Waals surface area contributed by atoms with Crippen LogP contribution in [0.2, 0.25) is 0 Å². The third-order valence-corrected chi connectivity index (χ3v) is 8.57. The topological polar surface area (TPSA) is 119 Å². The van der Waals surface area contributed by atoms with Gasteiger partial charge < -0.3 is 20.9 Å². The van der Waals surface area contributed by atoms with Crippen LogP contribution in [-0.4, -0.2) is 41.6 Å². The first-order valence-corrected chi connectivity index (χ1v) is 19.0. The number of aliphatic carboxylic acids is 1. The first kappa shape index (κ1) is 43.1. The molecule has 4 N–H and O–H groups in total. The largest absolute Gasteiger partial charge is 0.480 e. The van der Waals surface area contributed by atoms with E-state index in [4.69, 9.17) is 10.5 Å². The van der Waals surface area contributed by atoms with Crippen molar-refractivity contribution in [3.63, 3.8) is 0 Å². The predicted molar refractivity (Wildman–Crippen MR) is 188 cm³/mol. The summed E-state index contributed by atoms with van der Waals surface area (Å²) in [5.41, 5.74) is 5.47. The number of carboxylic acid groups (broad SMARTS) is 1. The number of ether oxygens (including phenoxy) is 1. The number of esters is 1. The zero-order valence-electron chi connectivity index (χ0n) is 29.5. The van der Waals surface area contributed by atoms with Crippen LogP contribution in [0.25, 0.3) is 0 Å². The van der Waals surface area contributed by atoms with Crippen LogP contribution in [-0.2, 0) is 19.1 Å². The Balaban J connectivity index is 4.32. The smallest absolute Gasteiger partial charge is 0.326 e. The average Bonchev–Trinajstić information content (AvgIpc) is 3.02. The van der Waals surface area contributed by atoms with Gasteiger partial charge in [-0.1, -0.05) is 135 Å². The molecule has 0 aliphatic heterocycles. The number of hydrogen-bond donors (Lipinski definition) is 3. The number of rotatable bonds is 34. The first-order valence-electron chi connectivity index (χ1n) is 19.0. The van der Waals surface area contributed by atoms with Crippen LogP contribution in [0.4, 0.5) is 0 Å². The Hall–Kier alpha value is -1.89. The molecule has 0 aliphatic carbocycles. The molecule has 7 heteroatoms. The van der Waals surface area contributed by atoms with Crippen molar-refractivity contribution in [1.82, 2.24) is 5.32 Å². The fourth-order valence-electron chi connectivity index (χ4n) is 5.65. The summed E-state index contributed by atoms with van der Waals surface area (Å²) >= 11 is 0. The molecule has 0 aromatic carbocycles. The summed E-state index contributed by atoms with van der Waals surface area (Å²) in [4.78, 5) is 36.1. The molecule has 0 saturated heterocycles. The summed E-state index contributed by atoms with van der Waals surface area (Å²) in [6.45, 7) is 4.91. The number of nitrogens with two attached hydrogens (primary N) is 1. The monoisotopic (exact) mass is 637 g/mol. The van der Waals surface area contributed by atoms with Crippen molar-refractivity contribution < 1.29 is 24.2 Å². The minimum atomic E-state index is -1.01. The van der Waals surface area contributed by atoms with Gasteiger partial charge >= 0.3 is 11.9 Å². The van der Waals surface area contributed by atoms with E-state index in [1.165, 1.54) is 103 Å². The highest BCUT2D eigenvalue weighted by atomic mass is 16.5. The second kappa shape index (κ2) is 33.5. The molecule has 0 bridgehead atoms. The molecule has 0 aliphatic rings. The number of unbranched alkanes of at least 4 members (excludes halogenated alkanes) is 20. The summed E-state index contributed by atoms with van der Waals surface area (Å²) < 4.78 is 5.90. The number of carbonyl (C=O) groups excluding carboxylic acids is 2. The van der Waals surface area contributed by atoms with Crippen LogP contribution in [0, 0.1) is 0 Å². The Kier molecular flexibility index (Phi) is 32.1. The zero-order chi connectivity index (χ0) is 33.2. The first-order chi connectivity index (χ1) is 21.9. The molecular formula is C38H72N2O5. The van der Waals surface area contributed by atoms with Crippen molar-refractivity contribution in [2.24, 2.45) is 5.73 Å². The molecule has 1 amide bonds. The minimum absolute atomic E-state index is 0.0874. The lowest BCUT2D eigenvalue weighted by molar-refractivity contribution is -0.147. The van der Waals surface area contributed by atoms with E-state index >= 15 is 0 Å². The van der Waals surface area contributed by atoms with Gasteiger partial charge in [0.15, 0.2) is 0 Å². The molecule has 0 saturated carbocycles. The van der Waals surface area contributed by atoms with Crippen molar-refractivity contribution in [1.29, 1.82) is 0 Å². The van der Waals surface area contributed by atoms with Gasteiger partial charge in [0.1, 0.15) is 12.1 Å². The molecule has 264 valence electrons. The van der Waals surface area contributed by atoms with E-state index < -0.39 is 12.0 Å². The molecule has 0 fully saturated rings. The van der Waals surface area contributed by atoms with Gasteiger partial charge in [0.05, 0.1) is 0 Å². The lowest BCUT2D eigenvalue weighted by Gasteiger charge is -2.15. The number of carbonyl (C=O) groups is 3. The van der Waals surface area contributed by atoms with Gasteiger partial charge in [-0.05, 0) is 64.0 Å². The molecule has 0 heterocycles. The van der Waals surface area contributed by atoms with Crippen LogP contribution >= 0.6 is 0 Å². The Labute approximate surface area is 277 Å². The summed E-state index contributed by atoms with van der Waals surface area (Å²) in [7, 11) is 0. The minimum Gasteiger partial charge on any atom is -0.480 e. The Morgan fingerprint density at radius 2 is 1.13 bits per heavy atom. The molecule has 2 atom stereocenters. The third-order valence-electron chi connectivity index (χ3n) is 8.57. The molecule has 0 radical (unpaired) electrons. The van der Waals surface area contributed by atoms with Crippen molar-refractivity contribution in [2.75, 3.05) is 6.54 Å². The number of hydrogen-bond acceptors (Lipinski definition) is 5. The number of amides is 1. The second-order valence-corrected chi connectivity index (χ2v) is 13.0. The highest BCUT2D eigenvalue weighted by molar-refractivity contribution is 5.83. The van der Waals surface area contributed by atoms with Gasteiger partial charge in [0.25, 0.3) is 0 Å². The van der Waals surface area contributed by atoms with Gasteiger partial charge in [0.2, 0.25) is 5.91 Å². The van der Waals surface area contributed by atoms with Crippen LogP contribution in [0.1, 0.15) is 194 Å². The molecule has 0 aromatic rings. The van der Waals surface area contributed by atoms with Gasteiger partial charge in [-0.2, -0.15) is 0 Å².